The van der Waals surface area contributed by atoms with Crippen LogP contribution in [0.1, 0.15) is 21.0 Å². The van der Waals surface area contributed by atoms with Gasteiger partial charge in [-0.05, 0) is 24.3 Å². The van der Waals surface area contributed by atoms with Crippen LogP contribution in [0, 0.1) is 0 Å². The Kier molecular flexibility index (Phi) is 4.41. The number of carbonyl (C=O) groups excluding carboxylic acids is 2. The second-order valence-electron chi connectivity index (χ2n) is 6.10. The van der Waals surface area contributed by atoms with Crippen molar-refractivity contribution in [1.29, 1.82) is 0 Å². The van der Waals surface area contributed by atoms with Gasteiger partial charge in [0.1, 0.15) is 11.4 Å². The Labute approximate surface area is 160 Å². The molecule has 4 rings (SSSR count). The average molecular weight is 375 g/mol. The first-order chi connectivity index (χ1) is 13.6. The van der Waals surface area contributed by atoms with Gasteiger partial charge in [0.25, 0.3) is 5.91 Å². The van der Waals surface area contributed by atoms with Crippen LogP contribution < -0.4 is 10.1 Å². The number of carbonyl (C=O) groups is 2. The summed E-state index contributed by atoms with van der Waals surface area (Å²) in [6.45, 7) is 0. The monoisotopic (exact) mass is 375 g/mol. The lowest BCUT2D eigenvalue weighted by atomic mass is 10.1. The van der Waals surface area contributed by atoms with Crippen LogP contribution in [0.4, 0.5) is 5.69 Å². The number of hydrogen-bond donors (Lipinski definition) is 2. The first kappa shape index (κ1) is 17.5. The number of fused-ring (bicyclic) bond motifs is 3. The minimum Gasteiger partial charge on any atom is -0.495 e. The maximum atomic E-state index is 13.0. The molecule has 28 heavy (non-hydrogen) atoms. The van der Waals surface area contributed by atoms with Crippen LogP contribution in [0.5, 0.6) is 5.75 Å². The number of ether oxygens (including phenoxy) is 2. The van der Waals surface area contributed by atoms with Crippen LogP contribution in [-0.2, 0) is 4.74 Å². The molecule has 0 spiro atoms. The molecule has 0 aliphatic heterocycles. The van der Waals surface area contributed by atoms with Crippen molar-refractivity contribution in [3.8, 4) is 5.75 Å². The highest BCUT2D eigenvalue weighted by Gasteiger charge is 2.21. The molecule has 0 saturated heterocycles. The highest BCUT2D eigenvalue weighted by molar-refractivity contribution is 6.18. The molecule has 0 aliphatic carbocycles. The van der Waals surface area contributed by atoms with Crippen molar-refractivity contribution in [1.82, 2.24) is 9.97 Å². The molecule has 0 atom stereocenters. The predicted molar refractivity (Wildman–Crippen MR) is 106 cm³/mol. The Hall–Kier alpha value is -3.87. The molecule has 4 aromatic rings. The topological polar surface area (TPSA) is 93.3 Å². The Morgan fingerprint density at radius 3 is 2.54 bits per heavy atom. The molecule has 2 aromatic carbocycles. The average Bonchev–Trinajstić information content (AvgIpc) is 3.11. The van der Waals surface area contributed by atoms with Gasteiger partial charge in [0.15, 0.2) is 5.69 Å². The van der Waals surface area contributed by atoms with Crippen molar-refractivity contribution < 1.29 is 19.1 Å². The quantitative estimate of drug-likeness (QED) is 0.530. The number of pyridine rings is 1. The summed E-state index contributed by atoms with van der Waals surface area (Å²) >= 11 is 0. The lowest BCUT2D eigenvalue weighted by Crippen LogP contribution is -2.17. The lowest BCUT2D eigenvalue weighted by Gasteiger charge is -2.10. The van der Waals surface area contributed by atoms with Gasteiger partial charge in [0.2, 0.25) is 0 Å². The number of H-pyrrole nitrogens is 1. The Morgan fingerprint density at radius 2 is 1.75 bits per heavy atom. The molecular weight excluding hydrogens is 358 g/mol. The highest BCUT2D eigenvalue weighted by Crippen LogP contribution is 2.29. The molecule has 0 bridgehead atoms. The number of aromatic nitrogens is 2. The van der Waals surface area contributed by atoms with E-state index in [0.29, 0.717) is 17.0 Å². The van der Waals surface area contributed by atoms with E-state index in [1.165, 1.54) is 14.2 Å². The van der Waals surface area contributed by atoms with Gasteiger partial charge in [-0.3, -0.25) is 4.79 Å². The van der Waals surface area contributed by atoms with Crippen molar-refractivity contribution in [2.45, 2.75) is 0 Å². The van der Waals surface area contributed by atoms with Crippen molar-refractivity contribution in [2.75, 3.05) is 19.5 Å². The predicted octanol–water partition coefficient (Wildman–Crippen LogP) is 3.76. The molecule has 7 heteroatoms. The van der Waals surface area contributed by atoms with Crippen LogP contribution in [0.25, 0.3) is 21.8 Å². The molecule has 1 amide bonds. The largest absolute Gasteiger partial charge is 0.495 e. The lowest BCUT2D eigenvalue weighted by molar-refractivity contribution is 0.0594. The molecule has 0 aliphatic rings. The number of benzene rings is 2. The summed E-state index contributed by atoms with van der Waals surface area (Å²) in [4.78, 5) is 32.6. The number of para-hydroxylation sites is 3. The minimum absolute atomic E-state index is 0.0601. The molecule has 0 unspecified atom stereocenters. The zero-order valence-electron chi connectivity index (χ0n) is 15.3. The summed E-state index contributed by atoms with van der Waals surface area (Å²) in [6.07, 6.45) is 0. The molecular formula is C21H17N3O4. The number of methoxy groups -OCH3 is 2. The SMILES string of the molecule is COC(=O)c1cc2c([nH]c3ccccc32)c(C(=O)Nc2ccccc2OC)n1. The smallest absolute Gasteiger partial charge is 0.356 e. The van der Waals surface area contributed by atoms with Crippen molar-refractivity contribution in [3.05, 3.63) is 66.0 Å². The number of nitrogens with one attached hydrogen (secondary N) is 2. The van der Waals surface area contributed by atoms with Crippen LogP contribution in [0.2, 0.25) is 0 Å². The number of hydrogen-bond acceptors (Lipinski definition) is 5. The fraction of sp³-hybridized carbons (Fsp3) is 0.0952. The third-order valence-corrected chi connectivity index (χ3v) is 4.46. The van der Waals surface area contributed by atoms with Crippen LogP contribution in [0.3, 0.4) is 0 Å². The fourth-order valence-corrected chi connectivity index (χ4v) is 3.15. The van der Waals surface area contributed by atoms with Gasteiger partial charge < -0.3 is 19.8 Å². The molecule has 2 heterocycles. The number of aromatic amines is 1. The number of rotatable bonds is 4. The summed E-state index contributed by atoms with van der Waals surface area (Å²) in [5, 5.41) is 4.40. The number of nitrogens with zero attached hydrogens (tertiary/aromatic N) is 1. The van der Waals surface area contributed by atoms with Gasteiger partial charge in [-0.1, -0.05) is 30.3 Å². The Balaban J connectivity index is 1.89. The van der Waals surface area contributed by atoms with E-state index in [4.69, 9.17) is 9.47 Å². The summed E-state index contributed by atoms with van der Waals surface area (Å²) in [6, 6.07) is 16.3. The van der Waals surface area contributed by atoms with E-state index in [-0.39, 0.29) is 11.4 Å². The van der Waals surface area contributed by atoms with Crippen LogP contribution >= 0.6 is 0 Å². The second kappa shape index (κ2) is 7.03. The minimum atomic E-state index is -0.612. The van der Waals surface area contributed by atoms with E-state index < -0.39 is 11.9 Å². The zero-order valence-corrected chi connectivity index (χ0v) is 15.3. The Morgan fingerprint density at radius 1 is 1.00 bits per heavy atom. The maximum absolute atomic E-state index is 13.0. The van der Waals surface area contributed by atoms with Gasteiger partial charge in [0.05, 0.1) is 25.4 Å². The van der Waals surface area contributed by atoms with Gasteiger partial charge >= 0.3 is 5.97 Å². The first-order valence-corrected chi connectivity index (χ1v) is 8.56. The molecule has 140 valence electrons. The first-order valence-electron chi connectivity index (χ1n) is 8.56. The third-order valence-electron chi connectivity index (χ3n) is 4.46. The van der Waals surface area contributed by atoms with E-state index in [1.54, 1.807) is 30.3 Å². The van der Waals surface area contributed by atoms with Crippen molar-refractivity contribution >= 4 is 39.4 Å². The summed E-state index contributed by atoms with van der Waals surface area (Å²) in [7, 11) is 2.80. The van der Waals surface area contributed by atoms with E-state index in [2.05, 4.69) is 15.3 Å². The molecule has 0 fully saturated rings. The summed E-state index contributed by atoms with van der Waals surface area (Å²) in [5.41, 5.74) is 2.04. The van der Waals surface area contributed by atoms with Crippen molar-refractivity contribution in [2.24, 2.45) is 0 Å². The molecule has 0 radical (unpaired) electrons. The summed E-state index contributed by atoms with van der Waals surface area (Å²) in [5.74, 6) is -0.557. The second-order valence-corrected chi connectivity index (χ2v) is 6.10. The molecule has 0 saturated carbocycles. The van der Waals surface area contributed by atoms with Gasteiger partial charge in [0, 0.05) is 16.3 Å². The number of esters is 1. The molecule has 2 N–H and O–H groups in total. The van der Waals surface area contributed by atoms with Crippen LogP contribution in [0.15, 0.2) is 54.6 Å². The van der Waals surface area contributed by atoms with Crippen LogP contribution in [-0.4, -0.2) is 36.1 Å². The standard InChI is InChI=1S/C21H17N3O4/c1-27-17-10-6-5-9-15(17)24-20(25)19-18-13(11-16(23-19)21(26)28-2)12-7-3-4-8-14(12)22-18/h3-11,22H,1-2H3,(H,24,25). The molecule has 7 nitrogen and oxygen atoms in total. The van der Waals surface area contributed by atoms with Gasteiger partial charge in [-0.15, -0.1) is 0 Å². The van der Waals surface area contributed by atoms with Gasteiger partial charge in [-0.2, -0.15) is 0 Å². The normalized spacial score (nSPS) is 10.8. The van der Waals surface area contributed by atoms with Crippen molar-refractivity contribution in [3.63, 3.8) is 0 Å². The number of anilines is 1. The van der Waals surface area contributed by atoms with E-state index in [1.807, 2.05) is 24.3 Å². The van der Waals surface area contributed by atoms with E-state index in [0.717, 1.165) is 16.3 Å². The fourth-order valence-electron chi connectivity index (χ4n) is 3.15. The Bertz CT molecular complexity index is 1210. The third kappa shape index (κ3) is 2.92. The van der Waals surface area contributed by atoms with Gasteiger partial charge in [-0.25, -0.2) is 9.78 Å². The van der Waals surface area contributed by atoms with E-state index in [9.17, 15) is 9.59 Å². The maximum Gasteiger partial charge on any atom is 0.356 e. The zero-order chi connectivity index (χ0) is 19.7. The van der Waals surface area contributed by atoms with E-state index >= 15 is 0 Å². The summed E-state index contributed by atoms with van der Waals surface area (Å²) < 4.78 is 10.1. The number of amides is 1. The molecule has 2 aromatic heterocycles. The highest BCUT2D eigenvalue weighted by atomic mass is 16.5.